The number of amides is 1. The SMILES string of the molecule is CC(C)(C)NC(=O)[C@@H](O)C(C)(C)C. The molecule has 0 saturated heterocycles. The van der Waals surface area contributed by atoms with Crippen LogP contribution in [0.1, 0.15) is 41.5 Å². The lowest BCUT2D eigenvalue weighted by molar-refractivity contribution is -0.136. The zero-order chi connectivity index (χ0) is 10.9. The van der Waals surface area contributed by atoms with Gasteiger partial charge in [-0.2, -0.15) is 0 Å². The highest BCUT2D eigenvalue weighted by Gasteiger charge is 2.30. The summed E-state index contributed by atoms with van der Waals surface area (Å²) in [7, 11) is 0. The molecule has 78 valence electrons. The Balaban J connectivity index is 4.30. The van der Waals surface area contributed by atoms with E-state index in [4.69, 9.17) is 0 Å². The minimum Gasteiger partial charge on any atom is -0.383 e. The monoisotopic (exact) mass is 187 g/mol. The lowest BCUT2D eigenvalue weighted by Gasteiger charge is -2.29. The lowest BCUT2D eigenvalue weighted by Crippen LogP contribution is -2.49. The van der Waals surface area contributed by atoms with Gasteiger partial charge in [-0.15, -0.1) is 0 Å². The van der Waals surface area contributed by atoms with E-state index in [9.17, 15) is 9.90 Å². The molecule has 0 aliphatic carbocycles. The standard InChI is InChI=1S/C10H21NO2/c1-9(2,3)7(12)8(13)11-10(4,5)6/h7,12H,1-6H3,(H,11,13)/t7-/m1/s1. The Hall–Kier alpha value is -0.570. The van der Waals surface area contributed by atoms with Gasteiger partial charge >= 0.3 is 0 Å². The average Bonchev–Trinajstić information content (AvgIpc) is 1.79. The normalized spacial score (nSPS) is 15.3. The molecular weight excluding hydrogens is 166 g/mol. The van der Waals surface area contributed by atoms with Crippen LogP contribution >= 0.6 is 0 Å². The zero-order valence-corrected chi connectivity index (χ0v) is 9.43. The fourth-order valence-corrected chi connectivity index (χ4v) is 0.831. The fourth-order valence-electron chi connectivity index (χ4n) is 0.831. The Morgan fingerprint density at radius 1 is 1.15 bits per heavy atom. The summed E-state index contributed by atoms with van der Waals surface area (Å²) in [4.78, 5) is 11.4. The molecule has 0 aromatic carbocycles. The van der Waals surface area contributed by atoms with E-state index in [0.29, 0.717) is 0 Å². The maximum atomic E-state index is 11.4. The maximum absolute atomic E-state index is 11.4. The van der Waals surface area contributed by atoms with Crippen LogP contribution in [0.25, 0.3) is 0 Å². The van der Waals surface area contributed by atoms with Crippen molar-refractivity contribution in [2.75, 3.05) is 0 Å². The van der Waals surface area contributed by atoms with Crippen LogP contribution in [0.3, 0.4) is 0 Å². The zero-order valence-electron chi connectivity index (χ0n) is 9.43. The number of hydrogen-bond donors (Lipinski definition) is 2. The number of hydrogen-bond acceptors (Lipinski definition) is 2. The second-order valence-electron chi connectivity index (χ2n) is 5.51. The summed E-state index contributed by atoms with van der Waals surface area (Å²) in [5.74, 6) is -0.306. The number of carbonyl (C=O) groups excluding carboxylic acids is 1. The van der Waals surface area contributed by atoms with Crippen molar-refractivity contribution < 1.29 is 9.90 Å². The summed E-state index contributed by atoms with van der Waals surface area (Å²) in [5, 5.41) is 12.3. The van der Waals surface area contributed by atoms with Crippen LogP contribution in [0.4, 0.5) is 0 Å². The molecule has 0 rings (SSSR count). The van der Waals surface area contributed by atoms with Crippen LogP contribution in [0.2, 0.25) is 0 Å². The van der Waals surface area contributed by atoms with Crippen molar-refractivity contribution in [3.05, 3.63) is 0 Å². The minimum absolute atomic E-state index is 0.288. The number of carbonyl (C=O) groups is 1. The van der Waals surface area contributed by atoms with Crippen LogP contribution < -0.4 is 5.32 Å². The first-order valence-corrected chi connectivity index (χ1v) is 4.54. The predicted molar refractivity (Wildman–Crippen MR) is 53.4 cm³/mol. The Bertz CT molecular complexity index is 186. The quantitative estimate of drug-likeness (QED) is 0.650. The average molecular weight is 187 g/mol. The van der Waals surface area contributed by atoms with E-state index in [0.717, 1.165) is 0 Å². The van der Waals surface area contributed by atoms with Gasteiger partial charge in [0.05, 0.1) is 0 Å². The molecule has 0 radical (unpaired) electrons. The largest absolute Gasteiger partial charge is 0.383 e. The Morgan fingerprint density at radius 2 is 1.54 bits per heavy atom. The minimum atomic E-state index is -0.952. The third-order valence-corrected chi connectivity index (χ3v) is 1.57. The molecule has 3 nitrogen and oxygen atoms in total. The first kappa shape index (κ1) is 12.4. The van der Waals surface area contributed by atoms with Gasteiger partial charge in [0.15, 0.2) is 0 Å². The van der Waals surface area contributed by atoms with Crippen molar-refractivity contribution in [2.45, 2.75) is 53.2 Å². The van der Waals surface area contributed by atoms with Crippen LogP contribution in [-0.4, -0.2) is 22.7 Å². The predicted octanol–water partition coefficient (Wildman–Crippen LogP) is 1.31. The summed E-state index contributed by atoms with van der Waals surface area (Å²) in [6.07, 6.45) is -0.952. The Labute approximate surface area is 80.5 Å². The third-order valence-electron chi connectivity index (χ3n) is 1.57. The molecule has 0 unspecified atom stereocenters. The van der Waals surface area contributed by atoms with E-state index < -0.39 is 11.5 Å². The van der Waals surface area contributed by atoms with Gasteiger partial charge < -0.3 is 10.4 Å². The molecule has 0 aliphatic heterocycles. The highest BCUT2D eigenvalue weighted by Crippen LogP contribution is 2.19. The summed E-state index contributed by atoms with van der Waals surface area (Å²) >= 11 is 0. The smallest absolute Gasteiger partial charge is 0.249 e. The molecule has 0 heterocycles. The van der Waals surface area contributed by atoms with Crippen molar-refractivity contribution in [2.24, 2.45) is 5.41 Å². The highest BCUT2D eigenvalue weighted by atomic mass is 16.3. The van der Waals surface area contributed by atoms with Gasteiger partial charge in [0.2, 0.25) is 5.91 Å². The summed E-state index contributed by atoms with van der Waals surface area (Å²) in [6.45, 7) is 11.2. The van der Waals surface area contributed by atoms with Gasteiger partial charge in [-0.25, -0.2) is 0 Å². The first-order valence-electron chi connectivity index (χ1n) is 4.54. The highest BCUT2D eigenvalue weighted by molar-refractivity contribution is 5.81. The number of aliphatic hydroxyl groups is 1. The molecule has 0 aromatic heterocycles. The van der Waals surface area contributed by atoms with Gasteiger partial charge in [-0.05, 0) is 26.2 Å². The van der Waals surface area contributed by atoms with Gasteiger partial charge in [0.25, 0.3) is 0 Å². The van der Waals surface area contributed by atoms with E-state index in [2.05, 4.69) is 5.32 Å². The number of aliphatic hydroxyl groups excluding tert-OH is 1. The van der Waals surface area contributed by atoms with E-state index in [1.54, 1.807) is 0 Å². The number of nitrogens with one attached hydrogen (secondary N) is 1. The maximum Gasteiger partial charge on any atom is 0.249 e. The fraction of sp³-hybridized carbons (Fsp3) is 0.900. The van der Waals surface area contributed by atoms with Crippen molar-refractivity contribution in [3.8, 4) is 0 Å². The van der Waals surface area contributed by atoms with E-state index in [-0.39, 0.29) is 11.4 Å². The molecule has 0 fully saturated rings. The van der Waals surface area contributed by atoms with Crippen LogP contribution in [0.5, 0.6) is 0 Å². The molecular formula is C10H21NO2. The van der Waals surface area contributed by atoms with Gasteiger partial charge in [0.1, 0.15) is 6.10 Å². The molecule has 0 aliphatic rings. The third kappa shape index (κ3) is 4.88. The first-order chi connectivity index (χ1) is 5.54. The second-order valence-corrected chi connectivity index (χ2v) is 5.51. The van der Waals surface area contributed by atoms with E-state index in [1.807, 2.05) is 41.5 Å². The van der Waals surface area contributed by atoms with Gasteiger partial charge in [-0.1, -0.05) is 20.8 Å². The van der Waals surface area contributed by atoms with E-state index in [1.165, 1.54) is 0 Å². The lowest BCUT2D eigenvalue weighted by atomic mass is 9.88. The molecule has 13 heavy (non-hydrogen) atoms. The molecule has 0 spiro atoms. The molecule has 1 amide bonds. The van der Waals surface area contributed by atoms with E-state index >= 15 is 0 Å². The molecule has 2 N–H and O–H groups in total. The molecule has 0 bridgehead atoms. The number of rotatable bonds is 1. The molecule has 3 heteroatoms. The summed E-state index contributed by atoms with van der Waals surface area (Å²) in [5.41, 5.74) is -0.696. The van der Waals surface area contributed by atoms with Crippen LogP contribution in [0, 0.1) is 5.41 Å². The van der Waals surface area contributed by atoms with Crippen molar-refractivity contribution in [1.82, 2.24) is 5.32 Å². The topological polar surface area (TPSA) is 49.3 Å². The van der Waals surface area contributed by atoms with Gasteiger partial charge in [-0.3, -0.25) is 4.79 Å². The van der Waals surface area contributed by atoms with Crippen molar-refractivity contribution >= 4 is 5.91 Å². The second kappa shape index (κ2) is 3.66. The molecule has 0 saturated carbocycles. The molecule has 0 aromatic rings. The Morgan fingerprint density at radius 3 is 1.77 bits per heavy atom. The van der Waals surface area contributed by atoms with Crippen molar-refractivity contribution in [3.63, 3.8) is 0 Å². The summed E-state index contributed by atoms with van der Waals surface area (Å²) in [6, 6.07) is 0. The Kier molecular flexibility index (Phi) is 3.50. The van der Waals surface area contributed by atoms with Gasteiger partial charge in [0, 0.05) is 5.54 Å². The van der Waals surface area contributed by atoms with Crippen molar-refractivity contribution in [1.29, 1.82) is 0 Å². The van der Waals surface area contributed by atoms with Crippen LogP contribution in [-0.2, 0) is 4.79 Å². The van der Waals surface area contributed by atoms with Crippen LogP contribution in [0.15, 0.2) is 0 Å². The summed E-state index contributed by atoms with van der Waals surface area (Å²) < 4.78 is 0. The molecule has 1 atom stereocenters.